The van der Waals surface area contributed by atoms with Crippen molar-refractivity contribution in [2.75, 3.05) is 31.2 Å². The zero-order valence-electron chi connectivity index (χ0n) is 16.8. The molecule has 2 aliphatic heterocycles. The lowest BCUT2D eigenvalue weighted by atomic mass is 9.87. The van der Waals surface area contributed by atoms with Crippen molar-refractivity contribution in [1.82, 2.24) is 9.97 Å². The highest BCUT2D eigenvalue weighted by molar-refractivity contribution is 6.30. The summed E-state index contributed by atoms with van der Waals surface area (Å²) >= 11 is 5.87. The monoisotopic (exact) mass is 447 g/mol. The van der Waals surface area contributed by atoms with E-state index >= 15 is 0 Å². The van der Waals surface area contributed by atoms with E-state index in [0.29, 0.717) is 35.6 Å². The largest absolute Gasteiger partial charge is 0.478 e. The number of aromatic carboxylic acids is 1. The SMILES string of the molecule is O=C(O)c1ccc([C@H]2OC[C@]3(CO2)C[C@H]3C2CCN(c3ncc(Cl)cn3)CC2)cc1F. The van der Waals surface area contributed by atoms with Gasteiger partial charge in [0.25, 0.3) is 0 Å². The number of ether oxygens (including phenoxy) is 2. The number of carbonyl (C=O) groups is 1. The second-order valence-electron chi connectivity index (χ2n) is 8.70. The molecule has 3 heterocycles. The Morgan fingerprint density at radius 3 is 2.48 bits per heavy atom. The standard InChI is InChI=1S/C22H23ClFN3O4/c23-15-9-25-21(26-10-15)27-5-3-13(4-6-27)17-8-22(17)11-30-20(31-12-22)14-1-2-16(19(28)29)18(24)7-14/h1-2,7,9-10,13,17,20H,3-6,8,11-12H2,(H,28,29)/t17-,20-,22-/m0/s1. The fourth-order valence-electron chi connectivity index (χ4n) is 4.97. The first-order valence-electron chi connectivity index (χ1n) is 10.4. The van der Waals surface area contributed by atoms with Crippen molar-refractivity contribution in [3.63, 3.8) is 0 Å². The van der Waals surface area contributed by atoms with E-state index in [1.807, 2.05) is 0 Å². The lowest BCUT2D eigenvalue weighted by molar-refractivity contribution is -0.216. The van der Waals surface area contributed by atoms with Crippen molar-refractivity contribution in [2.45, 2.75) is 25.6 Å². The Morgan fingerprint density at radius 2 is 1.87 bits per heavy atom. The molecule has 3 fully saturated rings. The molecule has 1 spiro atoms. The van der Waals surface area contributed by atoms with Crippen LogP contribution >= 0.6 is 11.6 Å². The third-order valence-corrected chi connectivity index (χ3v) is 6.99. The first-order valence-corrected chi connectivity index (χ1v) is 10.8. The molecule has 0 amide bonds. The van der Waals surface area contributed by atoms with Gasteiger partial charge < -0.3 is 19.5 Å². The highest BCUT2D eigenvalue weighted by Crippen LogP contribution is 2.61. The Hall–Kier alpha value is -2.29. The van der Waals surface area contributed by atoms with Gasteiger partial charge in [-0.1, -0.05) is 17.7 Å². The lowest BCUT2D eigenvalue weighted by Gasteiger charge is -2.35. The van der Waals surface area contributed by atoms with Crippen molar-refractivity contribution in [3.05, 3.63) is 52.6 Å². The molecule has 0 unspecified atom stereocenters. The maximum Gasteiger partial charge on any atom is 0.338 e. The summed E-state index contributed by atoms with van der Waals surface area (Å²) in [4.78, 5) is 21.8. The lowest BCUT2D eigenvalue weighted by Crippen LogP contribution is -2.37. The number of aromatic nitrogens is 2. The third kappa shape index (κ3) is 4.00. The van der Waals surface area contributed by atoms with Crippen molar-refractivity contribution in [1.29, 1.82) is 0 Å². The first kappa shape index (κ1) is 20.6. The molecule has 164 valence electrons. The number of carboxylic acid groups (broad SMARTS) is 1. The number of benzene rings is 1. The van der Waals surface area contributed by atoms with Crippen LogP contribution in [0, 0.1) is 23.1 Å². The molecule has 0 radical (unpaired) electrons. The van der Waals surface area contributed by atoms with Crippen LogP contribution in [-0.4, -0.2) is 47.3 Å². The molecule has 2 aromatic rings. The number of carboxylic acids is 1. The van der Waals surface area contributed by atoms with Crippen LogP contribution in [0.25, 0.3) is 0 Å². The van der Waals surface area contributed by atoms with Crippen LogP contribution in [0.4, 0.5) is 10.3 Å². The molecule has 1 aromatic carbocycles. The highest BCUT2D eigenvalue weighted by atomic mass is 35.5. The molecule has 3 aliphatic rings. The summed E-state index contributed by atoms with van der Waals surface area (Å²) in [6, 6.07) is 3.99. The second kappa shape index (κ2) is 8.00. The summed E-state index contributed by atoms with van der Waals surface area (Å²) in [5, 5.41) is 9.51. The van der Waals surface area contributed by atoms with E-state index in [0.717, 1.165) is 38.3 Å². The fourth-order valence-corrected chi connectivity index (χ4v) is 5.06. The van der Waals surface area contributed by atoms with Gasteiger partial charge in [-0.3, -0.25) is 0 Å². The van der Waals surface area contributed by atoms with E-state index in [1.165, 1.54) is 12.1 Å². The minimum absolute atomic E-state index is 0.0413. The molecule has 7 nitrogen and oxygen atoms in total. The summed E-state index contributed by atoms with van der Waals surface area (Å²) in [5.74, 6) is -0.171. The molecular formula is C22H23ClFN3O4. The van der Waals surface area contributed by atoms with Crippen molar-refractivity contribution < 1.29 is 23.8 Å². The smallest absolute Gasteiger partial charge is 0.338 e. The van der Waals surface area contributed by atoms with E-state index in [2.05, 4.69) is 14.9 Å². The average molecular weight is 448 g/mol. The van der Waals surface area contributed by atoms with Crippen LogP contribution < -0.4 is 4.90 Å². The Morgan fingerprint density at radius 1 is 1.19 bits per heavy atom. The van der Waals surface area contributed by atoms with Crippen molar-refractivity contribution in [2.24, 2.45) is 17.3 Å². The van der Waals surface area contributed by atoms with Gasteiger partial charge in [0.15, 0.2) is 6.29 Å². The molecule has 1 aromatic heterocycles. The number of halogens is 2. The quantitative estimate of drug-likeness (QED) is 0.759. The predicted octanol–water partition coefficient (Wildman–Crippen LogP) is 3.94. The summed E-state index contributed by atoms with van der Waals surface area (Å²) in [7, 11) is 0. The van der Waals surface area contributed by atoms with Gasteiger partial charge in [0.05, 0.1) is 36.2 Å². The molecule has 5 rings (SSSR count). The molecular weight excluding hydrogens is 425 g/mol. The predicted molar refractivity (Wildman–Crippen MR) is 111 cm³/mol. The van der Waals surface area contributed by atoms with Gasteiger partial charge in [-0.05, 0) is 43.2 Å². The molecule has 1 saturated carbocycles. The minimum Gasteiger partial charge on any atom is -0.478 e. The fraction of sp³-hybridized carbons (Fsp3) is 0.500. The van der Waals surface area contributed by atoms with Crippen LogP contribution in [-0.2, 0) is 9.47 Å². The van der Waals surface area contributed by atoms with Crippen LogP contribution in [0.3, 0.4) is 0 Å². The summed E-state index contributed by atoms with van der Waals surface area (Å²) in [6.45, 7) is 2.98. The van der Waals surface area contributed by atoms with E-state index < -0.39 is 18.1 Å². The number of anilines is 1. The summed E-state index contributed by atoms with van der Waals surface area (Å²) < 4.78 is 25.9. The molecule has 1 N–H and O–H groups in total. The van der Waals surface area contributed by atoms with Crippen LogP contribution in [0.15, 0.2) is 30.6 Å². The number of piperidine rings is 1. The molecule has 9 heteroatoms. The minimum atomic E-state index is -1.29. The van der Waals surface area contributed by atoms with Gasteiger partial charge in [-0.25, -0.2) is 19.2 Å². The topological polar surface area (TPSA) is 84.8 Å². The van der Waals surface area contributed by atoms with Crippen LogP contribution in [0.5, 0.6) is 0 Å². The van der Waals surface area contributed by atoms with E-state index in [9.17, 15) is 9.18 Å². The van der Waals surface area contributed by atoms with Gasteiger partial charge >= 0.3 is 5.97 Å². The molecule has 1 aliphatic carbocycles. The van der Waals surface area contributed by atoms with Crippen LogP contribution in [0.1, 0.15) is 41.5 Å². The Bertz CT molecular complexity index is 973. The maximum atomic E-state index is 14.0. The van der Waals surface area contributed by atoms with Gasteiger partial charge in [0.2, 0.25) is 5.95 Å². The third-order valence-electron chi connectivity index (χ3n) is 6.79. The molecule has 0 bridgehead atoms. The zero-order chi connectivity index (χ0) is 21.6. The van der Waals surface area contributed by atoms with Gasteiger partial charge in [-0.15, -0.1) is 0 Å². The summed E-state index contributed by atoms with van der Waals surface area (Å²) in [6.07, 6.45) is 5.81. The Balaban J connectivity index is 1.15. The zero-order valence-corrected chi connectivity index (χ0v) is 17.6. The number of hydrogen-bond donors (Lipinski definition) is 1. The second-order valence-corrected chi connectivity index (χ2v) is 9.13. The molecule has 2 saturated heterocycles. The highest BCUT2D eigenvalue weighted by Gasteiger charge is 2.59. The Labute approximate surface area is 184 Å². The van der Waals surface area contributed by atoms with Crippen LogP contribution in [0.2, 0.25) is 5.02 Å². The number of nitrogens with zero attached hydrogens (tertiary/aromatic N) is 3. The van der Waals surface area contributed by atoms with Crippen molar-refractivity contribution in [3.8, 4) is 0 Å². The average Bonchev–Trinajstić information content (AvgIpc) is 3.47. The number of hydrogen-bond acceptors (Lipinski definition) is 6. The van der Waals surface area contributed by atoms with Crippen molar-refractivity contribution >= 4 is 23.5 Å². The molecule has 31 heavy (non-hydrogen) atoms. The van der Waals surface area contributed by atoms with Gasteiger partial charge in [0.1, 0.15) is 5.82 Å². The summed E-state index contributed by atoms with van der Waals surface area (Å²) in [5.41, 5.74) is 0.194. The first-order chi connectivity index (χ1) is 14.9. The van der Waals surface area contributed by atoms with Gasteiger partial charge in [-0.2, -0.15) is 0 Å². The van der Waals surface area contributed by atoms with E-state index in [4.69, 9.17) is 26.2 Å². The normalized spacial score (nSPS) is 28.6. The van der Waals surface area contributed by atoms with E-state index in [1.54, 1.807) is 18.5 Å². The molecule has 1 atom stereocenters. The number of rotatable bonds is 4. The van der Waals surface area contributed by atoms with E-state index in [-0.39, 0.29) is 11.0 Å². The van der Waals surface area contributed by atoms with Gasteiger partial charge in [0, 0.05) is 24.1 Å². The Kier molecular flexibility index (Phi) is 5.32. The maximum absolute atomic E-state index is 14.0.